The van der Waals surface area contributed by atoms with E-state index in [0.717, 1.165) is 5.56 Å². The summed E-state index contributed by atoms with van der Waals surface area (Å²) in [5.74, 6) is 1.86. The number of ether oxygens (including phenoxy) is 2. The molecule has 1 aromatic heterocycles. The van der Waals surface area contributed by atoms with Crippen molar-refractivity contribution in [2.75, 3.05) is 14.2 Å². The average Bonchev–Trinajstić information content (AvgIpc) is 3.20. The Morgan fingerprint density at radius 3 is 2.77 bits per heavy atom. The predicted molar refractivity (Wildman–Crippen MR) is 74.8 cm³/mol. The number of hydrogen-bond acceptors (Lipinski definition) is 7. The molecule has 8 heteroatoms. The highest BCUT2D eigenvalue weighted by Crippen LogP contribution is 2.41. The standard InChI is InChI=1S/C14H15N3O5/c1-20-11-4-3-8(5-12(11)21-2)6-13-15-14(22-16-13)9-7-10(9)17(18)19/h3-5,9-10H,6-7H2,1-2H3/t9-,10+/m0/s1. The van der Waals surface area contributed by atoms with E-state index in [4.69, 9.17) is 14.0 Å². The lowest BCUT2D eigenvalue weighted by Gasteiger charge is -2.08. The highest BCUT2D eigenvalue weighted by atomic mass is 16.6. The Labute approximate surface area is 126 Å². The van der Waals surface area contributed by atoms with Crippen molar-refractivity contribution in [3.8, 4) is 11.5 Å². The summed E-state index contributed by atoms with van der Waals surface area (Å²) in [7, 11) is 3.14. The zero-order valence-electron chi connectivity index (χ0n) is 12.2. The number of aromatic nitrogens is 2. The number of nitrogens with zero attached hydrogens (tertiary/aromatic N) is 3. The van der Waals surface area contributed by atoms with Gasteiger partial charge in [-0.25, -0.2) is 0 Å². The van der Waals surface area contributed by atoms with Crippen molar-refractivity contribution in [2.24, 2.45) is 0 Å². The van der Waals surface area contributed by atoms with Crippen molar-refractivity contribution in [1.29, 1.82) is 0 Å². The summed E-state index contributed by atoms with van der Waals surface area (Å²) in [6.07, 6.45) is 0.921. The molecule has 1 aliphatic carbocycles. The Morgan fingerprint density at radius 2 is 2.14 bits per heavy atom. The van der Waals surface area contributed by atoms with Gasteiger partial charge in [-0.2, -0.15) is 4.98 Å². The third-order valence-electron chi connectivity index (χ3n) is 3.64. The first-order valence-corrected chi connectivity index (χ1v) is 6.79. The van der Waals surface area contributed by atoms with Gasteiger partial charge in [0.1, 0.15) is 5.92 Å². The summed E-state index contributed by atoms with van der Waals surface area (Å²) in [6.45, 7) is 0. The van der Waals surface area contributed by atoms with Crippen LogP contribution in [0.5, 0.6) is 11.5 Å². The molecule has 0 saturated heterocycles. The first kappa shape index (κ1) is 14.3. The Bertz CT molecular complexity index is 700. The van der Waals surface area contributed by atoms with Crippen molar-refractivity contribution < 1.29 is 18.9 Å². The van der Waals surface area contributed by atoms with E-state index in [2.05, 4.69) is 10.1 Å². The Hall–Kier alpha value is -2.64. The normalized spacial score (nSPS) is 19.7. The predicted octanol–water partition coefficient (Wildman–Crippen LogP) is 1.81. The molecule has 1 fully saturated rings. The molecule has 3 rings (SSSR count). The van der Waals surface area contributed by atoms with Crippen LogP contribution in [0, 0.1) is 10.1 Å². The van der Waals surface area contributed by atoms with E-state index in [1.807, 2.05) is 12.1 Å². The van der Waals surface area contributed by atoms with Crippen LogP contribution in [0.1, 0.15) is 29.6 Å². The molecular formula is C14H15N3O5. The number of methoxy groups -OCH3 is 2. The maximum Gasteiger partial charge on any atom is 0.236 e. The lowest BCUT2D eigenvalue weighted by molar-refractivity contribution is -0.496. The van der Waals surface area contributed by atoms with E-state index in [9.17, 15) is 10.1 Å². The van der Waals surface area contributed by atoms with Crippen LogP contribution in [-0.2, 0) is 6.42 Å². The minimum atomic E-state index is -0.589. The highest BCUT2D eigenvalue weighted by molar-refractivity contribution is 5.43. The lowest BCUT2D eigenvalue weighted by Crippen LogP contribution is -2.03. The topological polar surface area (TPSA) is 101 Å². The average molecular weight is 305 g/mol. The summed E-state index contributed by atoms with van der Waals surface area (Å²) >= 11 is 0. The minimum Gasteiger partial charge on any atom is -0.493 e. The van der Waals surface area contributed by atoms with E-state index in [1.165, 1.54) is 0 Å². The van der Waals surface area contributed by atoms with Crippen LogP contribution in [0.15, 0.2) is 22.7 Å². The fourth-order valence-corrected chi connectivity index (χ4v) is 2.34. The van der Waals surface area contributed by atoms with Gasteiger partial charge in [0.2, 0.25) is 11.9 Å². The molecule has 1 aliphatic rings. The molecule has 2 aromatic rings. The molecule has 0 N–H and O–H groups in total. The largest absolute Gasteiger partial charge is 0.493 e. The molecule has 0 aliphatic heterocycles. The smallest absolute Gasteiger partial charge is 0.236 e. The van der Waals surface area contributed by atoms with Gasteiger partial charge >= 0.3 is 0 Å². The zero-order valence-corrected chi connectivity index (χ0v) is 12.2. The van der Waals surface area contributed by atoms with Crippen LogP contribution < -0.4 is 9.47 Å². The van der Waals surface area contributed by atoms with Gasteiger partial charge in [0.25, 0.3) is 0 Å². The van der Waals surface area contributed by atoms with E-state index in [0.29, 0.717) is 36.1 Å². The highest BCUT2D eigenvalue weighted by Gasteiger charge is 2.53. The SMILES string of the molecule is COc1ccc(Cc2noc([C@H]3C[C@H]3[N+](=O)[O-])n2)cc1OC. The van der Waals surface area contributed by atoms with Crippen LogP contribution in [0.25, 0.3) is 0 Å². The van der Waals surface area contributed by atoms with Gasteiger partial charge in [0.15, 0.2) is 17.3 Å². The summed E-state index contributed by atoms with van der Waals surface area (Å²) in [5, 5.41) is 14.5. The summed E-state index contributed by atoms with van der Waals surface area (Å²) in [4.78, 5) is 14.6. The molecule has 0 radical (unpaired) electrons. The monoisotopic (exact) mass is 305 g/mol. The van der Waals surface area contributed by atoms with Crippen molar-refractivity contribution >= 4 is 0 Å². The van der Waals surface area contributed by atoms with E-state index >= 15 is 0 Å². The molecular weight excluding hydrogens is 290 g/mol. The molecule has 0 amide bonds. The van der Waals surface area contributed by atoms with Gasteiger partial charge in [0, 0.05) is 17.8 Å². The lowest BCUT2D eigenvalue weighted by atomic mass is 10.1. The molecule has 116 valence electrons. The van der Waals surface area contributed by atoms with Crippen LogP contribution in [-0.4, -0.2) is 35.3 Å². The Balaban J connectivity index is 1.72. The van der Waals surface area contributed by atoms with Crippen LogP contribution in [0.2, 0.25) is 0 Å². The molecule has 0 spiro atoms. The first-order chi connectivity index (χ1) is 10.6. The fourth-order valence-electron chi connectivity index (χ4n) is 2.34. The fraction of sp³-hybridized carbons (Fsp3) is 0.429. The molecule has 0 bridgehead atoms. The van der Waals surface area contributed by atoms with Gasteiger partial charge in [-0.3, -0.25) is 10.1 Å². The van der Waals surface area contributed by atoms with Gasteiger partial charge in [-0.1, -0.05) is 11.2 Å². The second kappa shape index (κ2) is 5.63. The van der Waals surface area contributed by atoms with E-state index < -0.39 is 6.04 Å². The maximum atomic E-state index is 10.7. The van der Waals surface area contributed by atoms with Crippen LogP contribution in [0.4, 0.5) is 0 Å². The first-order valence-electron chi connectivity index (χ1n) is 6.79. The van der Waals surface area contributed by atoms with Gasteiger partial charge in [-0.15, -0.1) is 0 Å². The van der Waals surface area contributed by atoms with Gasteiger partial charge in [0.05, 0.1) is 14.2 Å². The van der Waals surface area contributed by atoms with Crippen molar-refractivity contribution in [3.05, 3.63) is 45.6 Å². The summed E-state index contributed by atoms with van der Waals surface area (Å²) in [6, 6.07) is 4.94. The third-order valence-corrected chi connectivity index (χ3v) is 3.64. The number of hydrogen-bond donors (Lipinski definition) is 0. The molecule has 22 heavy (non-hydrogen) atoms. The van der Waals surface area contributed by atoms with Crippen molar-refractivity contribution in [3.63, 3.8) is 0 Å². The Morgan fingerprint density at radius 1 is 1.36 bits per heavy atom. The maximum absolute atomic E-state index is 10.7. The number of nitro groups is 1. The van der Waals surface area contributed by atoms with Gasteiger partial charge < -0.3 is 14.0 Å². The second-order valence-corrected chi connectivity index (χ2v) is 5.11. The van der Waals surface area contributed by atoms with E-state index in [-0.39, 0.29) is 10.8 Å². The second-order valence-electron chi connectivity index (χ2n) is 5.11. The Kier molecular flexibility index (Phi) is 3.66. The number of benzene rings is 1. The van der Waals surface area contributed by atoms with Crippen molar-refractivity contribution in [2.45, 2.75) is 24.8 Å². The van der Waals surface area contributed by atoms with E-state index in [1.54, 1.807) is 20.3 Å². The minimum absolute atomic E-state index is 0.248. The van der Waals surface area contributed by atoms with Crippen molar-refractivity contribution in [1.82, 2.24) is 10.1 Å². The van der Waals surface area contributed by atoms with Crippen LogP contribution >= 0.6 is 0 Å². The molecule has 1 heterocycles. The summed E-state index contributed by atoms with van der Waals surface area (Å²) in [5.41, 5.74) is 0.937. The molecule has 8 nitrogen and oxygen atoms in total. The van der Waals surface area contributed by atoms with Crippen LogP contribution in [0.3, 0.4) is 0 Å². The summed E-state index contributed by atoms with van der Waals surface area (Å²) < 4.78 is 15.5. The third kappa shape index (κ3) is 2.72. The molecule has 0 unspecified atom stereocenters. The molecule has 2 atom stereocenters. The number of rotatable bonds is 6. The molecule has 1 saturated carbocycles. The van der Waals surface area contributed by atoms with Gasteiger partial charge in [-0.05, 0) is 17.7 Å². The quantitative estimate of drug-likeness (QED) is 0.592. The zero-order chi connectivity index (χ0) is 15.7. The molecule has 1 aromatic carbocycles.